The van der Waals surface area contributed by atoms with E-state index in [-0.39, 0.29) is 0 Å². The van der Waals surface area contributed by atoms with Gasteiger partial charge in [-0.3, -0.25) is 0 Å². The number of rotatable bonds is 3. The number of fused-ring (bicyclic) bond motifs is 5. The van der Waals surface area contributed by atoms with Gasteiger partial charge in [0.2, 0.25) is 0 Å². The fraction of sp³-hybridized carbons (Fsp3) is 0.857. The Morgan fingerprint density at radius 1 is 1.13 bits per heavy atom. The topological polar surface area (TPSA) is 12.0 Å². The molecule has 0 saturated heterocycles. The molecule has 0 amide bonds. The zero-order valence-electron chi connectivity index (χ0n) is 9.41. The molecule has 0 aromatic carbocycles. The van der Waals surface area contributed by atoms with E-state index in [9.17, 15) is 0 Å². The van der Waals surface area contributed by atoms with Crippen LogP contribution in [-0.4, -0.2) is 12.6 Å². The second kappa shape index (κ2) is 3.83. The van der Waals surface area contributed by atoms with E-state index >= 15 is 0 Å². The molecule has 5 atom stereocenters. The first-order chi connectivity index (χ1) is 7.40. The molecule has 0 spiro atoms. The van der Waals surface area contributed by atoms with E-state index in [0.29, 0.717) is 0 Å². The Hall–Kier alpha value is -0.480. The average Bonchev–Trinajstić information content (AvgIpc) is 2.89. The summed E-state index contributed by atoms with van der Waals surface area (Å²) in [4.78, 5) is 0. The van der Waals surface area contributed by atoms with Crippen LogP contribution < -0.4 is 5.32 Å². The SMILES string of the molecule is C#CCCNC1CC2CC1C1CCCC21. The molecule has 0 aromatic heterocycles. The van der Waals surface area contributed by atoms with Crippen molar-refractivity contribution in [3.05, 3.63) is 0 Å². The van der Waals surface area contributed by atoms with Crippen LogP contribution in [0.4, 0.5) is 0 Å². The van der Waals surface area contributed by atoms with Gasteiger partial charge in [-0.05, 0) is 49.4 Å². The Balaban J connectivity index is 1.59. The van der Waals surface area contributed by atoms with E-state index in [4.69, 9.17) is 6.42 Å². The van der Waals surface area contributed by atoms with Gasteiger partial charge in [0.15, 0.2) is 0 Å². The predicted molar refractivity (Wildman–Crippen MR) is 62.3 cm³/mol. The Labute approximate surface area is 93.0 Å². The minimum absolute atomic E-state index is 0.808. The Morgan fingerprint density at radius 2 is 2.00 bits per heavy atom. The third-order valence-corrected chi connectivity index (χ3v) is 5.10. The van der Waals surface area contributed by atoms with Crippen LogP contribution in [0.15, 0.2) is 0 Å². The lowest BCUT2D eigenvalue weighted by molar-refractivity contribution is 0.210. The number of hydrogen-bond acceptors (Lipinski definition) is 1. The molecule has 15 heavy (non-hydrogen) atoms. The first-order valence-electron chi connectivity index (χ1n) is 6.57. The normalized spacial score (nSPS) is 46.7. The first kappa shape index (κ1) is 9.73. The summed E-state index contributed by atoms with van der Waals surface area (Å²) >= 11 is 0. The zero-order valence-corrected chi connectivity index (χ0v) is 9.41. The molecule has 1 N–H and O–H groups in total. The second-order valence-corrected chi connectivity index (χ2v) is 5.67. The van der Waals surface area contributed by atoms with Crippen LogP contribution in [0.25, 0.3) is 0 Å². The maximum absolute atomic E-state index is 5.28. The highest BCUT2D eigenvalue weighted by molar-refractivity contribution is 5.05. The molecule has 2 bridgehead atoms. The van der Waals surface area contributed by atoms with Crippen molar-refractivity contribution in [2.45, 2.75) is 44.6 Å². The van der Waals surface area contributed by atoms with Gasteiger partial charge in [-0.1, -0.05) is 6.42 Å². The van der Waals surface area contributed by atoms with E-state index in [2.05, 4.69) is 11.2 Å². The molecule has 3 aliphatic carbocycles. The average molecular weight is 203 g/mol. The van der Waals surface area contributed by atoms with Crippen LogP contribution in [0, 0.1) is 36.0 Å². The molecule has 3 rings (SSSR count). The lowest BCUT2D eigenvalue weighted by atomic mass is 9.79. The van der Waals surface area contributed by atoms with Gasteiger partial charge in [-0.2, -0.15) is 0 Å². The Bertz CT molecular complexity index is 278. The summed E-state index contributed by atoms with van der Waals surface area (Å²) in [5.41, 5.74) is 0. The van der Waals surface area contributed by atoms with Crippen LogP contribution in [-0.2, 0) is 0 Å². The molecular formula is C14H21N. The molecule has 0 heterocycles. The van der Waals surface area contributed by atoms with E-state index < -0.39 is 0 Å². The second-order valence-electron chi connectivity index (χ2n) is 5.67. The maximum atomic E-state index is 5.28. The monoisotopic (exact) mass is 203 g/mol. The van der Waals surface area contributed by atoms with Crippen molar-refractivity contribution < 1.29 is 0 Å². The summed E-state index contributed by atoms with van der Waals surface area (Å²) in [6.45, 7) is 1.03. The van der Waals surface area contributed by atoms with Gasteiger partial charge in [0.25, 0.3) is 0 Å². The zero-order chi connectivity index (χ0) is 10.3. The molecule has 3 fully saturated rings. The fourth-order valence-corrected chi connectivity index (χ4v) is 4.63. The summed E-state index contributed by atoms with van der Waals surface area (Å²) in [6.07, 6.45) is 13.7. The Morgan fingerprint density at radius 3 is 2.87 bits per heavy atom. The summed E-state index contributed by atoms with van der Waals surface area (Å²) in [5, 5.41) is 3.68. The van der Waals surface area contributed by atoms with Crippen molar-refractivity contribution in [3.8, 4) is 12.3 Å². The van der Waals surface area contributed by atoms with E-state index in [1.165, 1.54) is 32.1 Å². The van der Waals surface area contributed by atoms with Crippen molar-refractivity contribution in [3.63, 3.8) is 0 Å². The smallest absolute Gasteiger partial charge is 0.0212 e. The fourth-order valence-electron chi connectivity index (χ4n) is 4.63. The van der Waals surface area contributed by atoms with Crippen molar-refractivity contribution in [1.29, 1.82) is 0 Å². The third-order valence-electron chi connectivity index (χ3n) is 5.10. The summed E-state index contributed by atoms with van der Waals surface area (Å²) < 4.78 is 0. The van der Waals surface area contributed by atoms with Crippen molar-refractivity contribution in [2.24, 2.45) is 23.7 Å². The van der Waals surface area contributed by atoms with Crippen LogP contribution in [0.5, 0.6) is 0 Å². The lowest BCUT2D eigenvalue weighted by Gasteiger charge is -2.32. The molecule has 5 unspecified atom stereocenters. The molecule has 1 heteroatoms. The maximum Gasteiger partial charge on any atom is 0.0212 e. The third kappa shape index (κ3) is 1.51. The van der Waals surface area contributed by atoms with Crippen LogP contribution in [0.2, 0.25) is 0 Å². The van der Waals surface area contributed by atoms with Gasteiger partial charge < -0.3 is 5.32 Å². The standard InChI is InChI=1S/C14H21N/c1-2-3-7-15-14-9-10-8-13(14)12-6-4-5-11(10)12/h1,10-15H,3-9H2. The summed E-state index contributed by atoms with van der Waals surface area (Å²) in [5.74, 6) is 6.97. The van der Waals surface area contributed by atoms with Gasteiger partial charge in [0, 0.05) is 19.0 Å². The number of terminal acetylenes is 1. The molecule has 0 radical (unpaired) electrons. The largest absolute Gasteiger partial charge is 0.313 e. The van der Waals surface area contributed by atoms with Gasteiger partial charge in [-0.15, -0.1) is 12.3 Å². The van der Waals surface area contributed by atoms with Crippen LogP contribution in [0.3, 0.4) is 0 Å². The van der Waals surface area contributed by atoms with Crippen molar-refractivity contribution in [1.82, 2.24) is 5.32 Å². The molecule has 0 aliphatic heterocycles. The van der Waals surface area contributed by atoms with Crippen LogP contribution >= 0.6 is 0 Å². The minimum Gasteiger partial charge on any atom is -0.313 e. The molecule has 82 valence electrons. The molecular weight excluding hydrogens is 182 g/mol. The minimum atomic E-state index is 0.808. The van der Waals surface area contributed by atoms with E-state index in [0.717, 1.165) is 42.7 Å². The lowest BCUT2D eigenvalue weighted by Crippen LogP contribution is -2.39. The summed E-state index contributed by atoms with van der Waals surface area (Å²) in [6, 6.07) is 0.808. The van der Waals surface area contributed by atoms with Gasteiger partial charge in [0.05, 0.1) is 0 Å². The molecule has 1 nitrogen and oxygen atoms in total. The molecule has 3 saturated carbocycles. The highest BCUT2D eigenvalue weighted by Gasteiger charge is 2.53. The highest BCUT2D eigenvalue weighted by Crippen LogP contribution is 2.58. The van der Waals surface area contributed by atoms with E-state index in [1.54, 1.807) is 0 Å². The summed E-state index contributed by atoms with van der Waals surface area (Å²) in [7, 11) is 0. The highest BCUT2D eigenvalue weighted by atomic mass is 14.9. The quantitative estimate of drug-likeness (QED) is 0.549. The van der Waals surface area contributed by atoms with Gasteiger partial charge >= 0.3 is 0 Å². The van der Waals surface area contributed by atoms with Crippen LogP contribution in [0.1, 0.15) is 38.5 Å². The number of nitrogens with one attached hydrogen (secondary N) is 1. The number of hydrogen-bond donors (Lipinski definition) is 1. The van der Waals surface area contributed by atoms with E-state index in [1.807, 2.05) is 0 Å². The molecule has 0 aromatic rings. The predicted octanol–water partition coefficient (Wildman–Crippen LogP) is 2.42. The van der Waals surface area contributed by atoms with Crippen molar-refractivity contribution >= 4 is 0 Å². The van der Waals surface area contributed by atoms with Gasteiger partial charge in [-0.25, -0.2) is 0 Å². The Kier molecular flexibility index (Phi) is 2.48. The van der Waals surface area contributed by atoms with Gasteiger partial charge in [0.1, 0.15) is 0 Å². The first-order valence-corrected chi connectivity index (χ1v) is 6.57. The molecule has 3 aliphatic rings. The van der Waals surface area contributed by atoms with Crippen molar-refractivity contribution in [2.75, 3.05) is 6.54 Å².